The van der Waals surface area contributed by atoms with E-state index in [1.807, 2.05) is 23.0 Å². The van der Waals surface area contributed by atoms with E-state index in [0.29, 0.717) is 12.0 Å². The van der Waals surface area contributed by atoms with Crippen molar-refractivity contribution in [3.05, 3.63) is 46.9 Å². The Kier molecular flexibility index (Phi) is 5.69. The van der Waals surface area contributed by atoms with E-state index < -0.39 is 0 Å². The monoisotopic (exact) mass is 437 g/mol. The molecule has 4 heterocycles. The number of nitrogens with zero attached hydrogens (tertiary/aromatic N) is 3. The molecule has 0 amide bonds. The number of hydrogen-bond donors (Lipinski definition) is 2. The molecular weight excluding hydrogens is 410 g/mol. The third-order valence-corrected chi connectivity index (χ3v) is 8.18. The van der Waals surface area contributed by atoms with Gasteiger partial charge in [-0.3, -0.25) is 4.90 Å². The summed E-state index contributed by atoms with van der Waals surface area (Å²) in [7, 11) is 0. The second-order valence-electron chi connectivity index (χ2n) is 8.05. The number of thiophene rings is 1. The van der Waals surface area contributed by atoms with Crippen molar-refractivity contribution in [3.63, 3.8) is 0 Å². The zero-order chi connectivity index (χ0) is 20.5. The molecule has 1 aliphatic heterocycles. The van der Waals surface area contributed by atoms with Crippen molar-refractivity contribution in [1.29, 1.82) is 0 Å². The SMILES string of the molecule is C[C@@H]1[C@@H](c2cc3c(Nc4ccc5scnc5c4)ccnc3s2)CCCN1CCCN. The molecule has 1 fully saturated rings. The third kappa shape index (κ3) is 3.83. The summed E-state index contributed by atoms with van der Waals surface area (Å²) >= 11 is 3.52. The van der Waals surface area contributed by atoms with Crippen LogP contribution in [0.4, 0.5) is 11.4 Å². The number of benzene rings is 1. The molecule has 1 saturated heterocycles. The second-order valence-corrected chi connectivity index (χ2v) is 10.0. The Morgan fingerprint density at radius 3 is 3.07 bits per heavy atom. The van der Waals surface area contributed by atoms with Gasteiger partial charge in [0.2, 0.25) is 0 Å². The summed E-state index contributed by atoms with van der Waals surface area (Å²) in [5.41, 5.74) is 10.9. The van der Waals surface area contributed by atoms with Crippen LogP contribution in [0.25, 0.3) is 20.4 Å². The van der Waals surface area contributed by atoms with Crippen LogP contribution in [-0.4, -0.2) is 40.5 Å². The second kappa shape index (κ2) is 8.59. The molecule has 1 aromatic carbocycles. The van der Waals surface area contributed by atoms with Crippen LogP contribution in [0, 0.1) is 0 Å². The van der Waals surface area contributed by atoms with E-state index in [2.05, 4.69) is 57.4 Å². The molecule has 0 unspecified atom stereocenters. The van der Waals surface area contributed by atoms with Crippen LogP contribution in [-0.2, 0) is 0 Å². The molecule has 5 rings (SSSR count). The molecular formula is C23H27N5S2. The minimum Gasteiger partial charge on any atom is -0.355 e. The van der Waals surface area contributed by atoms with E-state index in [4.69, 9.17) is 5.73 Å². The van der Waals surface area contributed by atoms with Crippen LogP contribution in [0.5, 0.6) is 0 Å². The van der Waals surface area contributed by atoms with Crippen molar-refractivity contribution in [2.75, 3.05) is 25.0 Å². The Balaban J connectivity index is 1.43. The zero-order valence-corrected chi connectivity index (χ0v) is 18.8. The molecule has 30 heavy (non-hydrogen) atoms. The summed E-state index contributed by atoms with van der Waals surface area (Å²) in [5.74, 6) is 0.565. The lowest BCUT2D eigenvalue weighted by Gasteiger charge is -2.39. The fourth-order valence-electron chi connectivity index (χ4n) is 4.54. The highest BCUT2D eigenvalue weighted by Crippen LogP contribution is 2.40. The van der Waals surface area contributed by atoms with E-state index >= 15 is 0 Å². The average molecular weight is 438 g/mol. The molecule has 0 spiro atoms. The Bertz CT molecular complexity index is 1150. The van der Waals surface area contributed by atoms with Gasteiger partial charge in [0.15, 0.2) is 0 Å². The van der Waals surface area contributed by atoms with Gasteiger partial charge in [-0.25, -0.2) is 9.97 Å². The van der Waals surface area contributed by atoms with E-state index in [0.717, 1.165) is 41.2 Å². The van der Waals surface area contributed by atoms with E-state index in [1.54, 1.807) is 11.3 Å². The van der Waals surface area contributed by atoms with Crippen LogP contribution in [0.3, 0.4) is 0 Å². The fourth-order valence-corrected chi connectivity index (χ4v) is 6.46. The van der Waals surface area contributed by atoms with E-state index in [9.17, 15) is 0 Å². The first kappa shape index (κ1) is 19.9. The highest BCUT2D eigenvalue weighted by atomic mass is 32.1. The van der Waals surface area contributed by atoms with Crippen LogP contribution in [0.15, 0.2) is 42.0 Å². The van der Waals surface area contributed by atoms with Crippen LogP contribution in [0.1, 0.15) is 37.0 Å². The first-order chi connectivity index (χ1) is 14.7. The van der Waals surface area contributed by atoms with Gasteiger partial charge in [-0.2, -0.15) is 0 Å². The number of nitrogens with one attached hydrogen (secondary N) is 1. The topological polar surface area (TPSA) is 67.1 Å². The third-order valence-electron chi connectivity index (χ3n) is 6.20. The predicted molar refractivity (Wildman–Crippen MR) is 129 cm³/mol. The van der Waals surface area contributed by atoms with Gasteiger partial charge in [-0.15, -0.1) is 22.7 Å². The smallest absolute Gasteiger partial charge is 0.125 e. The van der Waals surface area contributed by atoms with Crippen molar-refractivity contribution in [2.45, 2.75) is 38.1 Å². The first-order valence-corrected chi connectivity index (χ1v) is 12.4. The minimum absolute atomic E-state index is 0.543. The lowest BCUT2D eigenvalue weighted by Crippen LogP contribution is -2.42. The van der Waals surface area contributed by atoms with Crippen molar-refractivity contribution < 1.29 is 0 Å². The Hall–Kier alpha value is -2.06. The summed E-state index contributed by atoms with van der Waals surface area (Å²) in [6.45, 7) is 5.43. The quantitative estimate of drug-likeness (QED) is 0.413. The maximum atomic E-state index is 5.75. The summed E-state index contributed by atoms with van der Waals surface area (Å²) in [4.78, 5) is 14.3. The first-order valence-electron chi connectivity index (χ1n) is 10.7. The standard InChI is InChI=1S/C23H27N5S2/c1-15-17(4-2-10-28(15)11-3-8-24)22-13-18-19(7-9-25-23(18)30-22)27-16-5-6-21-20(12-16)26-14-29-21/h5-7,9,12-15,17H,2-4,8,10-11,24H2,1H3,(H,25,27)/t15-,17+/m1/s1. The van der Waals surface area contributed by atoms with Gasteiger partial charge in [0.05, 0.1) is 21.4 Å². The van der Waals surface area contributed by atoms with Crippen molar-refractivity contribution in [2.24, 2.45) is 5.73 Å². The molecule has 4 aromatic rings. The molecule has 7 heteroatoms. The highest BCUT2D eigenvalue weighted by molar-refractivity contribution is 7.18. The number of rotatable bonds is 6. The van der Waals surface area contributed by atoms with Gasteiger partial charge < -0.3 is 11.1 Å². The number of hydrogen-bond acceptors (Lipinski definition) is 7. The molecule has 0 aliphatic carbocycles. The Labute approximate surface area is 185 Å². The lowest BCUT2D eigenvalue weighted by atomic mass is 9.88. The van der Waals surface area contributed by atoms with Gasteiger partial charge in [-0.1, -0.05) is 0 Å². The number of nitrogens with two attached hydrogens (primary N) is 1. The number of thiazole rings is 1. The molecule has 1 aliphatic rings. The van der Waals surface area contributed by atoms with E-state index in [1.165, 1.54) is 34.3 Å². The van der Waals surface area contributed by atoms with E-state index in [-0.39, 0.29) is 0 Å². The maximum Gasteiger partial charge on any atom is 0.125 e. The number of likely N-dealkylation sites (tertiary alicyclic amines) is 1. The van der Waals surface area contributed by atoms with Gasteiger partial charge in [-0.05, 0) is 76.2 Å². The summed E-state index contributed by atoms with van der Waals surface area (Å²) < 4.78 is 1.21. The van der Waals surface area contributed by atoms with Crippen LogP contribution >= 0.6 is 22.7 Å². The van der Waals surface area contributed by atoms with Crippen molar-refractivity contribution in [3.8, 4) is 0 Å². The van der Waals surface area contributed by atoms with Crippen LogP contribution in [0.2, 0.25) is 0 Å². The number of pyridine rings is 1. The predicted octanol–water partition coefficient (Wildman–Crippen LogP) is 5.57. The largest absolute Gasteiger partial charge is 0.355 e. The Morgan fingerprint density at radius 2 is 2.17 bits per heavy atom. The van der Waals surface area contributed by atoms with Crippen molar-refractivity contribution >= 4 is 54.5 Å². The molecule has 3 N–H and O–H groups in total. The summed E-state index contributed by atoms with van der Waals surface area (Å²) in [6.07, 6.45) is 5.48. The molecule has 0 bridgehead atoms. The van der Waals surface area contributed by atoms with Gasteiger partial charge in [0.1, 0.15) is 4.83 Å². The number of fused-ring (bicyclic) bond motifs is 2. The maximum absolute atomic E-state index is 5.75. The summed E-state index contributed by atoms with van der Waals surface area (Å²) in [6, 6.07) is 11.4. The normalized spacial score (nSPS) is 20.2. The number of aromatic nitrogens is 2. The highest BCUT2D eigenvalue weighted by Gasteiger charge is 2.30. The lowest BCUT2D eigenvalue weighted by molar-refractivity contribution is 0.139. The molecule has 2 atom stereocenters. The summed E-state index contributed by atoms with van der Waals surface area (Å²) in [5, 5.41) is 4.81. The minimum atomic E-state index is 0.543. The average Bonchev–Trinajstić information content (AvgIpc) is 3.40. The van der Waals surface area contributed by atoms with Gasteiger partial charge >= 0.3 is 0 Å². The molecule has 156 valence electrons. The number of anilines is 2. The fraction of sp³-hybridized carbons (Fsp3) is 0.391. The molecule has 3 aromatic heterocycles. The number of piperidine rings is 1. The molecule has 5 nitrogen and oxygen atoms in total. The van der Waals surface area contributed by atoms with Crippen molar-refractivity contribution in [1.82, 2.24) is 14.9 Å². The molecule has 0 radical (unpaired) electrons. The van der Waals surface area contributed by atoms with Gasteiger partial charge in [0.25, 0.3) is 0 Å². The van der Waals surface area contributed by atoms with Gasteiger partial charge in [0, 0.05) is 34.1 Å². The van der Waals surface area contributed by atoms with Crippen LogP contribution < -0.4 is 11.1 Å². The molecule has 0 saturated carbocycles. The zero-order valence-electron chi connectivity index (χ0n) is 17.2. The Morgan fingerprint density at radius 1 is 1.23 bits per heavy atom.